The molecule has 0 atom stereocenters. The molecule has 0 fully saturated rings. The number of hydrogen-bond donors (Lipinski definition) is 2. The number of ether oxygens (including phenoxy) is 3. The Kier molecular flexibility index (Phi) is 7.61. The number of nitrogens with one attached hydrogen (secondary N) is 1. The highest BCUT2D eigenvalue weighted by molar-refractivity contribution is 5.74. The summed E-state index contributed by atoms with van der Waals surface area (Å²) in [4.78, 5) is 11.1. The van der Waals surface area contributed by atoms with Gasteiger partial charge in [0, 0.05) is 18.7 Å². The van der Waals surface area contributed by atoms with Gasteiger partial charge in [-0.25, -0.2) is 10.2 Å². The average Bonchev–Trinajstić information content (AvgIpc) is 3.25. The summed E-state index contributed by atoms with van der Waals surface area (Å²) in [5.74, 6) is 1.65. The van der Waals surface area contributed by atoms with Crippen LogP contribution in [-0.4, -0.2) is 46.9 Å². The van der Waals surface area contributed by atoms with Gasteiger partial charge in [0.25, 0.3) is 5.91 Å². The molecule has 1 aromatic heterocycles. The van der Waals surface area contributed by atoms with Gasteiger partial charge in [0.15, 0.2) is 0 Å². The van der Waals surface area contributed by atoms with E-state index in [0.29, 0.717) is 18.7 Å². The van der Waals surface area contributed by atoms with E-state index < -0.39 is 5.91 Å². The standard InChI is InChI=1S/C22H24N4O5/c1-29-20-11-17(12-21(13-20)30-2)4-3-16-5-7-19(8-6-16)31-10-9-18-14-26(25-23-18)15-22(27)24-28/h3-8,11-14,28H,9-10,15H2,1-2H3,(H,24,27)/b4-3+. The van der Waals surface area contributed by atoms with Crippen LogP contribution in [0.4, 0.5) is 0 Å². The zero-order valence-electron chi connectivity index (χ0n) is 17.3. The van der Waals surface area contributed by atoms with Crippen molar-refractivity contribution >= 4 is 18.1 Å². The lowest BCUT2D eigenvalue weighted by Crippen LogP contribution is -2.24. The number of aromatic nitrogens is 3. The second-order valence-corrected chi connectivity index (χ2v) is 6.59. The summed E-state index contributed by atoms with van der Waals surface area (Å²) in [6.07, 6.45) is 6.17. The Hall–Kier alpha value is -3.85. The van der Waals surface area contributed by atoms with Crippen molar-refractivity contribution in [3.05, 3.63) is 65.5 Å². The van der Waals surface area contributed by atoms with Crippen LogP contribution in [0.2, 0.25) is 0 Å². The first kappa shape index (κ1) is 21.8. The quantitative estimate of drug-likeness (QED) is 0.293. The first-order valence-electron chi connectivity index (χ1n) is 9.55. The highest BCUT2D eigenvalue weighted by Crippen LogP contribution is 2.24. The molecule has 2 N–H and O–H groups in total. The van der Waals surface area contributed by atoms with Gasteiger partial charge in [-0.2, -0.15) is 0 Å². The second kappa shape index (κ2) is 10.8. The second-order valence-electron chi connectivity index (χ2n) is 6.59. The van der Waals surface area contributed by atoms with Crippen molar-refractivity contribution in [3.8, 4) is 17.2 Å². The first-order valence-corrected chi connectivity index (χ1v) is 9.55. The van der Waals surface area contributed by atoms with Crippen molar-refractivity contribution < 1.29 is 24.2 Å². The van der Waals surface area contributed by atoms with Crippen LogP contribution in [0, 0.1) is 0 Å². The number of hydrogen-bond acceptors (Lipinski definition) is 7. The molecular formula is C22H24N4O5. The smallest absolute Gasteiger partial charge is 0.265 e. The number of benzene rings is 2. The molecule has 3 aromatic rings. The summed E-state index contributed by atoms with van der Waals surface area (Å²) in [5.41, 5.74) is 4.25. The van der Waals surface area contributed by atoms with E-state index in [4.69, 9.17) is 19.4 Å². The molecule has 162 valence electrons. The molecule has 0 bridgehead atoms. The van der Waals surface area contributed by atoms with Crippen LogP contribution in [0.1, 0.15) is 16.8 Å². The Morgan fingerprint density at radius 2 is 1.71 bits per heavy atom. The highest BCUT2D eigenvalue weighted by atomic mass is 16.5. The Balaban J connectivity index is 1.51. The topological polar surface area (TPSA) is 108 Å². The van der Waals surface area contributed by atoms with E-state index in [2.05, 4.69) is 10.3 Å². The fourth-order valence-electron chi connectivity index (χ4n) is 2.78. The third kappa shape index (κ3) is 6.58. The molecule has 0 saturated carbocycles. The third-order valence-electron chi connectivity index (χ3n) is 4.37. The van der Waals surface area contributed by atoms with Gasteiger partial charge in [0.1, 0.15) is 23.8 Å². The van der Waals surface area contributed by atoms with Gasteiger partial charge >= 0.3 is 0 Å². The first-order chi connectivity index (χ1) is 15.1. The van der Waals surface area contributed by atoms with Gasteiger partial charge in [-0.15, -0.1) is 5.10 Å². The number of carbonyl (C=O) groups excluding carboxylic acids is 1. The maximum Gasteiger partial charge on any atom is 0.265 e. The average molecular weight is 424 g/mol. The fourth-order valence-corrected chi connectivity index (χ4v) is 2.78. The van der Waals surface area contributed by atoms with E-state index in [1.165, 1.54) is 4.68 Å². The van der Waals surface area contributed by atoms with Crippen molar-refractivity contribution in [1.29, 1.82) is 0 Å². The van der Waals surface area contributed by atoms with Gasteiger partial charge in [0.2, 0.25) is 0 Å². The number of carbonyl (C=O) groups is 1. The van der Waals surface area contributed by atoms with Gasteiger partial charge in [-0.05, 0) is 35.4 Å². The Bertz CT molecular complexity index is 1010. The van der Waals surface area contributed by atoms with Crippen molar-refractivity contribution in [2.45, 2.75) is 13.0 Å². The molecule has 0 radical (unpaired) electrons. The van der Waals surface area contributed by atoms with E-state index in [9.17, 15) is 4.79 Å². The lowest BCUT2D eigenvalue weighted by atomic mass is 10.1. The highest BCUT2D eigenvalue weighted by Gasteiger charge is 2.05. The molecule has 0 unspecified atom stereocenters. The van der Waals surface area contributed by atoms with Crippen LogP contribution in [0.3, 0.4) is 0 Å². The van der Waals surface area contributed by atoms with Crippen LogP contribution in [0.5, 0.6) is 17.2 Å². The number of amides is 1. The van der Waals surface area contributed by atoms with Crippen molar-refractivity contribution in [2.75, 3.05) is 20.8 Å². The van der Waals surface area contributed by atoms with E-state index in [0.717, 1.165) is 28.4 Å². The third-order valence-corrected chi connectivity index (χ3v) is 4.37. The summed E-state index contributed by atoms with van der Waals surface area (Å²) >= 11 is 0. The van der Waals surface area contributed by atoms with Crippen LogP contribution >= 0.6 is 0 Å². The number of methoxy groups -OCH3 is 2. The molecular weight excluding hydrogens is 400 g/mol. The van der Waals surface area contributed by atoms with Crippen LogP contribution in [0.15, 0.2) is 48.7 Å². The van der Waals surface area contributed by atoms with Crippen molar-refractivity contribution in [3.63, 3.8) is 0 Å². The van der Waals surface area contributed by atoms with Crippen molar-refractivity contribution in [2.24, 2.45) is 0 Å². The summed E-state index contributed by atoms with van der Waals surface area (Å²) < 4.78 is 17.7. The molecule has 1 heterocycles. The Morgan fingerprint density at radius 1 is 1.03 bits per heavy atom. The Labute approximate surface area is 179 Å². The summed E-state index contributed by atoms with van der Waals surface area (Å²) in [5, 5.41) is 16.3. The summed E-state index contributed by atoms with van der Waals surface area (Å²) in [6.45, 7) is 0.325. The van der Waals surface area contributed by atoms with Crippen LogP contribution in [0.25, 0.3) is 12.2 Å². The van der Waals surface area contributed by atoms with Crippen LogP contribution in [-0.2, 0) is 17.8 Å². The minimum absolute atomic E-state index is 0.0954. The van der Waals surface area contributed by atoms with Crippen LogP contribution < -0.4 is 19.7 Å². The largest absolute Gasteiger partial charge is 0.497 e. The number of hydroxylamine groups is 1. The molecule has 0 aliphatic heterocycles. The van der Waals surface area contributed by atoms with Gasteiger partial charge in [-0.3, -0.25) is 10.0 Å². The molecule has 31 heavy (non-hydrogen) atoms. The minimum atomic E-state index is -0.563. The lowest BCUT2D eigenvalue weighted by molar-refractivity contribution is -0.130. The van der Waals surface area contributed by atoms with Gasteiger partial charge in [-0.1, -0.05) is 29.5 Å². The molecule has 9 heteroatoms. The molecule has 3 rings (SSSR count). The summed E-state index contributed by atoms with van der Waals surface area (Å²) in [7, 11) is 3.25. The molecule has 0 aliphatic carbocycles. The number of nitrogens with zero attached hydrogens (tertiary/aromatic N) is 3. The molecule has 2 aromatic carbocycles. The zero-order chi connectivity index (χ0) is 22.1. The molecule has 0 saturated heterocycles. The maximum atomic E-state index is 11.1. The number of rotatable bonds is 10. The van der Waals surface area contributed by atoms with Crippen molar-refractivity contribution in [1.82, 2.24) is 20.5 Å². The minimum Gasteiger partial charge on any atom is -0.497 e. The predicted molar refractivity (Wildman–Crippen MR) is 114 cm³/mol. The summed E-state index contributed by atoms with van der Waals surface area (Å²) in [6, 6.07) is 13.4. The van der Waals surface area contributed by atoms with Gasteiger partial charge < -0.3 is 14.2 Å². The normalized spacial score (nSPS) is 10.8. The lowest BCUT2D eigenvalue weighted by Gasteiger charge is -2.06. The SMILES string of the molecule is COc1cc(/C=C/c2ccc(OCCc3cn(CC(=O)NO)nn3)cc2)cc(OC)c1. The molecule has 9 nitrogen and oxygen atoms in total. The van der Waals surface area contributed by atoms with Gasteiger partial charge in [0.05, 0.1) is 26.5 Å². The van der Waals surface area contributed by atoms with E-state index in [1.807, 2.05) is 54.6 Å². The molecule has 0 aliphatic rings. The predicted octanol–water partition coefficient (Wildman–Crippen LogP) is 2.59. The Morgan fingerprint density at radius 3 is 2.35 bits per heavy atom. The molecule has 0 spiro atoms. The zero-order valence-corrected chi connectivity index (χ0v) is 17.3. The fraction of sp³-hybridized carbons (Fsp3) is 0.227. The monoisotopic (exact) mass is 424 g/mol. The van der Waals surface area contributed by atoms with E-state index >= 15 is 0 Å². The maximum absolute atomic E-state index is 11.1. The molecule has 1 amide bonds. The van der Waals surface area contributed by atoms with E-state index in [-0.39, 0.29) is 6.54 Å². The van der Waals surface area contributed by atoms with E-state index in [1.54, 1.807) is 25.9 Å².